The molecule has 0 radical (unpaired) electrons. The Hall–Kier alpha value is -0.481. The van der Waals surface area contributed by atoms with Gasteiger partial charge in [-0.25, -0.2) is 0 Å². The number of fused-ring (bicyclic) bond motifs is 1. The van der Waals surface area contributed by atoms with Crippen molar-refractivity contribution in [3.8, 4) is 5.75 Å². The summed E-state index contributed by atoms with van der Waals surface area (Å²) in [5.74, 6) is 0.992. The van der Waals surface area contributed by atoms with Crippen LogP contribution in [-0.2, 0) is 12.8 Å². The second-order valence-corrected chi connectivity index (χ2v) is 22.1. The SMILES string of the molecule is CCC[CH2][Sn](/[CH]=C/CNC1CCc2ccc(OC)cc2C1)([CH2]CCC)[CH2]CCC. The monoisotopic (exact) mass is 507 g/mol. The maximum atomic E-state index is 5.42. The van der Waals surface area contributed by atoms with Gasteiger partial charge in [0.05, 0.1) is 0 Å². The van der Waals surface area contributed by atoms with Gasteiger partial charge in [-0.3, -0.25) is 0 Å². The third-order valence-electron chi connectivity index (χ3n) is 6.72. The van der Waals surface area contributed by atoms with E-state index in [1.807, 2.05) is 0 Å². The Kier molecular flexibility index (Phi) is 11.7. The van der Waals surface area contributed by atoms with Crippen LogP contribution < -0.4 is 10.1 Å². The van der Waals surface area contributed by atoms with Gasteiger partial charge in [-0.15, -0.1) is 0 Å². The summed E-state index contributed by atoms with van der Waals surface area (Å²) in [4.78, 5) is 0. The van der Waals surface area contributed by atoms with Crippen LogP contribution in [-0.4, -0.2) is 38.1 Å². The fourth-order valence-electron chi connectivity index (χ4n) is 4.79. The van der Waals surface area contributed by atoms with Crippen LogP contribution in [0, 0.1) is 0 Å². The van der Waals surface area contributed by atoms with Gasteiger partial charge in [0.1, 0.15) is 0 Å². The molecule has 1 aliphatic rings. The average Bonchev–Trinajstić information content (AvgIpc) is 2.76. The minimum absolute atomic E-state index is 0.603. The van der Waals surface area contributed by atoms with Gasteiger partial charge in [0, 0.05) is 0 Å². The third kappa shape index (κ3) is 8.28. The van der Waals surface area contributed by atoms with Gasteiger partial charge in [0.25, 0.3) is 0 Å². The van der Waals surface area contributed by atoms with E-state index in [0.717, 1.165) is 18.7 Å². The first-order valence-corrected chi connectivity index (χ1v) is 19.9. The normalized spacial score (nSPS) is 16.9. The number of benzene rings is 1. The van der Waals surface area contributed by atoms with Crippen LogP contribution >= 0.6 is 0 Å². The quantitative estimate of drug-likeness (QED) is 0.272. The summed E-state index contributed by atoms with van der Waals surface area (Å²) < 4.78 is 12.9. The van der Waals surface area contributed by atoms with Crippen molar-refractivity contribution in [2.24, 2.45) is 0 Å². The zero-order chi connectivity index (χ0) is 21.0. The van der Waals surface area contributed by atoms with Gasteiger partial charge in [0.2, 0.25) is 0 Å². The van der Waals surface area contributed by atoms with Crippen molar-refractivity contribution >= 4 is 18.4 Å². The van der Waals surface area contributed by atoms with E-state index in [4.69, 9.17) is 4.74 Å². The summed E-state index contributed by atoms with van der Waals surface area (Å²) in [6.45, 7) is 8.12. The van der Waals surface area contributed by atoms with Crippen molar-refractivity contribution in [1.82, 2.24) is 5.32 Å². The van der Waals surface area contributed by atoms with E-state index in [1.165, 1.54) is 62.5 Å². The number of hydrogen-bond donors (Lipinski definition) is 1. The topological polar surface area (TPSA) is 21.3 Å². The standard InChI is InChI=1S/C14H18NO.3C4H9.Sn/c1-3-8-15-13-6-4-11-5-7-14(16-2)10-12(11)9-13;3*1-3-4-2;/h1,3,5,7,10,13,15H,4,6,8-9H2,2H3;3*1,3-4H2,2H3;. The van der Waals surface area contributed by atoms with Crippen molar-refractivity contribution in [2.45, 2.75) is 97.9 Å². The molecular formula is C26H45NOSn. The molecule has 164 valence electrons. The molecule has 1 aromatic carbocycles. The van der Waals surface area contributed by atoms with Gasteiger partial charge in [-0.2, -0.15) is 0 Å². The molecule has 1 atom stereocenters. The van der Waals surface area contributed by atoms with Crippen molar-refractivity contribution in [1.29, 1.82) is 0 Å². The number of methoxy groups -OCH3 is 1. The number of rotatable bonds is 14. The second kappa shape index (κ2) is 13.7. The van der Waals surface area contributed by atoms with Crippen LogP contribution in [0.1, 0.15) is 76.8 Å². The van der Waals surface area contributed by atoms with Gasteiger partial charge in [-0.05, 0) is 0 Å². The van der Waals surface area contributed by atoms with Crippen LogP contribution in [0.4, 0.5) is 0 Å². The Balaban J connectivity index is 1.93. The Morgan fingerprint density at radius 3 is 2.24 bits per heavy atom. The fraction of sp³-hybridized carbons (Fsp3) is 0.692. The van der Waals surface area contributed by atoms with E-state index >= 15 is 0 Å². The van der Waals surface area contributed by atoms with E-state index in [9.17, 15) is 0 Å². The molecule has 0 spiro atoms. The predicted octanol–water partition coefficient (Wildman–Crippen LogP) is 7.09. The first-order chi connectivity index (χ1) is 14.2. The summed E-state index contributed by atoms with van der Waals surface area (Å²) in [5.41, 5.74) is 2.98. The van der Waals surface area contributed by atoms with Crippen LogP contribution in [0.3, 0.4) is 0 Å². The van der Waals surface area contributed by atoms with Crippen LogP contribution in [0.5, 0.6) is 5.75 Å². The first-order valence-electron chi connectivity index (χ1n) is 12.2. The minimum atomic E-state index is -2.11. The molecule has 0 heterocycles. The molecule has 3 heteroatoms. The summed E-state index contributed by atoms with van der Waals surface area (Å²) >= 11 is -2.11. The molecule has 0 amide bonds. The van der Waals surface area contributed by atoms with E-state index in [1.54, 1.807) is 20.4 Å². The molecule has 1 aromatic rings. The van der Waals surface area contributed by atoms with Crippen LogP contribution in [0.25, 0.3) is 0 Å². The van der Waals surface area contributed by atoms with E-state index < -0.39 is 18.4 Å². The third-order valence-corrected chi connectivity index (χ3v) is 21.0. The van der Waals surface area contributed by atoms with Gasteiger partial charge < -0.3 is 0 Å². The number of ether oxygens (including phenoxy) is 1. The van der Waals surface area contributed by atoms with Crippen LogP contribution in [0.2, 0.25) is 13.3 Å². The summed E-state index contributed by atoms with van der Waals surface area (Å²) in [6.07, 6.45) is 14.5. The number of hydrogen-bond acceptors (Lipinski definition) is 2. The molecule has 0 saturated heterocycles. The molecule has 0 aliphatic heterocycles. The van der Waals surface area contributed by atoms with Crippen molar-refractivity contribution in [3.63, 3.8) is 0 Å². The molecule has 0 aromatic heterocycles. The molecule has 2 nitrogen and oxygen atoms in total. The molecule has 0 bridgehead atoms. The molecular weight excluding hydrogens is 461 g/mol. The number of aryl methyl sites for hydroxylation is 1. The zero-order valence-corrected chi connectivity index (χ0v) is 22.4. The van der Waals surface area contributed by atoms with Crippen LogP contribution in [0.15, 0.2) is 28.4 Å². The van der Waals surface area contributed by atoms with Gasteiger partial charge in [-0.1, -0.05) is 0 Å². The Morgan fingerprint density at radius 1 is 1.00 bits per heavy atom. The zero-order valence-electron chi connectivity index (χ0n) is 19.6. The van der Waals surface area contributed by atoms with Crippen molar-refractivity contribution < 1.29 is 4.74 Å². The Bertz CT molecular complexity index is 591. The summed E-state index contributed by atoms with van der Waals surface area (Å²) in [5, 5.41) is 3.85. The van der Waals surface area contributed by atoms with E-state index in [0.29, 0.717) is 6.04 Å². The average molecular weight is 506 g/mol. The molecule has 2 rings (SSSR count). The predicted molar refractivity (Wildman–Crippen MR) is 131 cm³/mol. The number of unbranched alkanes of at least 4 members (excludes halogenated alkanes) is 3. The van der Waals surface area contributed by atoms with Crippen molar-refractivity contribution in [3.05, 3.63) is 39.5 Å². The summed E-state index contributed by atoms with van der Waals surface area (Å²) in [6, 6.07) is 7.19. The Labute approximate surface area is 184 Å². The molecule has 1 unspecified atom stereocenters. The Morgan fingerprint density at radius 2 is 1.66 bits per heavy atom. The summed E-state index contributed by atoms with van der Waals surface area (Å²) in [7, 11) is 1.76. The second-order valence-electron chi connectivity index (χ2n) is 9.06. The van der Waals surface area contributed by atoms with E-state index in [-0.39, 0.29) is 0 Å². The van der Waals surface area contributed by atoms with E-state index in [2.05, 4.69) is 54.5 Å². The molecule has 29 heavy (non-hydrogen) atoms. The number of nitrogens with one attached hydrogen (secondary N) is 1. The molecule has 0 saturated carbocycles. The maximum absolute atomic E-state index is 5.42. The van der Waals surface area contributed by atoms with Gasteiger partial charge in [0.15, 0.2) is 0 Å². The fourth-order valence-corrected chi connectivity index (χ4v) is 19.2. The van der Waals surface area contributed by atoms with Crippen molar-refractivity contribution in [2.75, 3.05) is 13.7 Å². The molecule has 1 N–H and O–H groups in total. The first kappa shape index (κ1) is 24.8. The van der Waals surface area contributed by atoms with Gasteiger partial charge >= 0.3 is 185 Å². The molecule has 0 fully saturated rings. The molecule has 1 aliphatic carbocycles.